The highest BCUT2D eigenvalue weighted by molar-refractivity contribution is 7.99. The minimum absolute atomic E-state index is 0.164. The third-order valence-corrected chi connectivity index (χ3v) is 8.97. The van der Waals surface area contributed by atoms with Crippen molar-refractivity contribution in [2.75, 3.05) is 25.3 Å². The summed E-state index contributed by atoms with van der Waals surface area (Å²) >= 11 is 2.87. The fourth-order valence-corrected chi connectivity index (χ4v) is 6.75. The molecule has 3 aromatic rings. The number of methoxy groups -OCH3 is 2. The standard InChI is InChI=1S/C27H33N5O3S2/c1-7-32-24(16-10-18(34-5)13-19(11-16)35-6)30-31-26(32)36-15-23(33)29-25-21(14-28)20-9-8-17(27(2,3)4)12-22(20)37-25/h10-11,13,17H,7-9,12,15H2,1-6H3,(H,29,33)/t17-/m0/s1. The minimum Gasteiger partial charge on any atom is -0.497 e. The van der Waals surface area contributed by atoms with E-state index in [0.717, 1.165) is 30.4 Å². The highest BCUT2D eigenvalue weighted by Crippen LogP contribution is 2.44. The third kappa shape index (κ3) is 5.78. The molecule has 0 aliphatic heterocycles. The highest BCUT2D eigenvalue weighted by atomic mass is 32.2. The zero-order valence-corrected chi connectivity index (χ0v) is 23.8. The number of fused-ring (bicyclic) bond motifs is 1. The minimum atomic E-state index is -0.164. The third-order valence-electron chi connectivity index (χ3n) is 6.83. The molecule has 37 heavy (non-hydrogen) atoms. The van der Waals surface area contributed by atoms with Crippen LogP contribution >= 0.6 is 23.1 Å². The molecule has 0 fully saturated rings. The second-order valence-electron chi connectivity index (χ2n) is 10.1. The fourth-order valence-electron chi connectivity index (χ4n) is 4.65. The first-order valence-corrected chi connectivity index (χ1v) is 14.1. The van der Waals surface area contributed by atoms with Crippen molar-refractivity contribution in [3.8, 4) is 29.0 Å². The van der Waals surface area contributed by atoms with E-state index in [1.54, 1.807) is 31.6 Å². The van der Waals surface area contributed by atoms with Gasteiger partial charge in [-0.2, -0.15) is 5.26 Å². The molecule has 0 unspecified atom stereocenters. The van der Waals surface area contributed by atoms with E-state index in [-0.39, 0.29) is 17.1 Å². The summed E-state index contributed by atoms with van der Waals surface area (Å²) in [7, 11) is 3.21. The number of carbonyl (C=O) groups excluding carboxylic acids is 1. The normalized spacial score (nSPS) is 15.1. The van der Waals surface area contributed by atoms with Crippen LogP contribution in [0.5, 0.6) is 11.5 Å². The van der Waals surface area contributed by atoms with Gasteiger partial charge in [0.25, 0.3) is 0 Å². The summed E-state index contributed by atoms with van der Waals surface area (Å²) in [6.07, 6.45) is 2.91. The number of benzene rings is 1. The number of nitrogens with one attached hydrogen (secondary N) is 1. The smallest absolute Gasteiger partial charge is 0.235 e. The molecule has 8 nitrogen and oxygen atoms in total. The molecule has 0 saturated carbocycles. The van der Waals surface area contributed by atoms with E-state index in [1.807, 2.05) is 23.6 Å². The molecule has 1 aromatic carbocycles. The number of nitriles is 1. The summed E-state index contributed by atoms with van der Waals surface area (Å²) in [5.74, 6) is 2.57. The second-order valence-corrected chi connectivity index (χ2v) is 12.2. The predicted molar refractivity (Wildman–Crippen MR) is 148 cm³/mol. The lowest BCUT2D eigenvalue weighted by Crippen LogP contribution is -2.26. The van der Waals surface area contributed by atoms with Crippen molar-refractivity contribution < 1.29 is 14.3 Å². The largest absolute Gasteiger partial charge is 0.497 e. The van der Waals surface area contributed by atoms with Crippen LogP contribution in [0.4, 0.5) is 5.00 Å². The molecule has 0 radical (unpaired) electrons. The Morgan fingerprint density at radius 3 is 2.54 bits per heavy atom. The van der Waals surface area contributed by atoms with Crippen LogP contribution in [0, 0.1) is 22.7 Å². The van der Waals surface area contributed by atoms with Crippen molar-refractivity contribution in [2.45, 2.75) is 58.7 Å². The van der Waals surface area contributed by atoms with E-state index in [9.17, 15) is 10.1 Å². The summed E-state index contributed by atoms with van der Waals surface area (Å²) in [6.45, 7) is 9.46. The summed E-state index contributed by atoms with van der Waals surface area (Å²) in [4.78, 5) is 14.1. The average Bonchev–Trinajstić information content (AvgIpc) is 3.46. The SMILES string of the molecule is CCn1c(SCC(=O)Nc2sc3c(c2C#N)CC[C@H](C(C)(C)C)C3)nnc1-c1cc(OC)cc(OC)c1. The van der Waals surface area contributed by atoms with Gasteiger partial charge in [-0.1, -0.05) is 32.5 Å². The van der Waals surface area contributed by atoms with Crippen LogP contribution in [0.15, 0.2) is 23.4 Å². The second kappa shape index (κ2) is 11.2. The van der Waals surface area contributed by atoms with E-state index in [1.165, 1.54) is 16.6 Å². The van der Waals surface area contributed by atoms with Gasteiger partial charge in [-0.25, -0.2) is 0 Å². The summed E-state index contributed by atoms with van der Waals surface area (Å²) in [6, 6.07) is 7.90. The highest BCUT2D eigenvalue weighted by Gasteiger charge is 2.32. The maximum atomic E-state index is 12.9. The number of nitrogens with zero attached hydrogens (tertiary/aromatic N) is 4. The number of amides is 1. The molecule has 0 saturated heterocycles. The zero-order chi connectivity index (χ0) is 26.7. The molecule has 10 heteroatoms. The van der Waals surface area contributed by atoms with Crippen LogP contribution in [0.3, 0.4) is 0 Å². The van der Waals surface area contributed by atoms with Gasteiger partial charge in [-0.15, -0.1) is 21.5 Å². The van der Waals surface area contributed by atoms with Crippen molar-refractivity contribution in [3.05, 3.63) is 34.2 Å². The summed E-state index contributed by atoms with van der Waals surface area (Å²) in [5, 5.41) is 22.8. The van der Waals surface area contributed by atoms with Crippen LogP contribution in [-0.2, 0) is 24.2 Å². The number of hydrogen-bond donors (Lipinski definition) is 1. The lowest BCUT2D eigenvalue weighted by molar-refractivity contribution is -0.113. The van der Waals surface area contributed by atoms with Crippen molar-refractivity contribution in [2.24, 2.45) is 11.3 Å². The molecule has 1 atom stereocenters. The first-order chi connectivity index (χ1) is 17.7. The first-order valence-electron chi connectivity index (χ1n) is 12.3. The van der Waals surface area contributed by atoms with Crippen molar-refractivity contribution >= 4 is 34.0 Å². The maximum Gasteiger partial charge on any atom is 0.235 e. The molecule has 4 rings (SSSR count). The lowest BCUT2D eigenvalue weighted by atomic mass is 9.72. The summed E-state index contributed by atoms with van der Waals surface area (Å²) < 4.78 is 12.7. The van der Waals surface area contributed by atoms with Crippen LogP contribution < -0.4 is 14.8 Å². The van der Waals surface area contributed by atoms with Crippen LogP contribution in [0.1, 0.15) is 50.1 Å². The van der Waals surface area contributed by atoms with Crippen molar-refractivity contribution in [3.63, 3.8) is 0 Å². The Morgan fingerprint density at radius 2 is 1.95 bits per heavy atom. The van der Waals surface area contributed by atoms with Crippen LogP contribution in [0.2, 0.25) is 0 Å². The number of hydrogen-bond acceptors (Lipinski definition) is 8. The molecule has 1 aliphatic carbocycles. The van der Waals surface area contributed by atoms with Crippen LogP contribution in [0.25, 0.3) is 11.4 Å². The van der Waals surface area contributed by atoms with Gasteiger partial charge >= 0.3 is 0 Å². The molecule has 1 N–H and O–H groups in total. The van der Waals surface area contributed by atoms with Gasteiger partial charge < -0.3 is 19.4 Å². The molecule has 2 aromatic heterocycles. The van der Waals surface area contributed by atoms with Crippen LogP contribution in [-0.4, -0.2) is 40.6 Å². The van der Waals surface area contributed by atoms with E-state index in [2.05, 4.69) is 42.4 Å². The van der Waals surface area contributed by atoms with Gasteiger partial charge in [-0.05, 0) is 55.2 Å². The first kappa shape index (κ1) is 27.0. The quantitative estimate of drug-likeness (QED) is 0.361. The number of carbonyl (C=O) groups is 1. The fraction of sp³-hybridized carbons (Fsp3) is 0.481. The number of thioether (sulfide) groups is 1. The molecule has 2 heterocycles. The van der Waals surface area contributed by atoms with Gasteiger partial charge in [0, 0.05) is 23.1 Å². The molecule has 1 aliphatic rings. The topological polar surface area (TPSA) is 102 Å². The average molecular weight is 540 g/mol. The van der Waals surface area contributed by atoms with Gasteiger partial charge in [0.05, 0.1) is 25.5 Å². The van der Waals surface area contributed by atoms with E-state index < -0.39 is 0 Å². The number of aromatic nitrogens is 3. The van der Waals surface area contributed by atoms with E-state index in [4.69, 9.17) is 9.47 Å². The van der Waals surface area contributed by atoms with E-state index >= 15 is 0 Å². The molecular formula is C27H33N5O3S2. The Labute approximate surface area is 226 Å². The van der Waals surface area contributed by atoms with Crippen molar-refractivity contribution in [1.82, 2.24) is 14.8 Å². The lowest BCUT2D eigenvalue weighted by Gasteiger charge is -2.33. The number of thiophene rings is 1. The Morgan fingerprint density at radius 1 is 1.24 bits per heavy atom. The van der Waals surface area contributed by atoms with Crippen molar-refractivity contribution in [1.29, 1.82) is 5.26 Å². The Bertz CT molecular complexity index is 1310. The summed E-state index contributed by atoms with van der Waals surface area (Å²) in [5.41, 5.74) is 2.77. The predicted octanol–water partition coefficient (Wildman–Crippen LogP) is 5.80. The maximum absolute atomic E-state index is 12.9. The Balaban J connectivity index is 1.48. The molecule has 1 amide bonds. The van der Waals surface area contributed by atoms with Gasteiger partial charge in [0.2, 0.25) is 5.91 Å². The molecule has 0 bridgehead atoms. The zero-order valence-electron chi connectivity index (χ0n) is 22.2. The van der Waals surface area contributed by atoms with Gasteiger partial charge in [0.15, 0.2) is 11.0 Å². The van der Waals surface area contributed by atoms with Gasteiger partial charge in [-0.3, -0.25) is 4.79 Å². The molecular weight excluding hydrogens is 506 g/mol. The Hall–Kier alpha value is -3.03. The molecule has 196 valence electrons. The van der Waals surface area contributed by atoms with Gasteiger partial charge in [0.1, 0.15) is 22.6 Å². The number of rotatable bonds is 8. The Kier molecular flexibility index (Phi) is 8.14. The number of ether oxygens (including phenoxy) is 2. The van der Waals surface area contributed by atoms with E-state index in [0.29, 0.717) is 45.5 Å². The number of anilines is 1. The monoisotopic (exact) mass is 539 g/mol. The molecule has 0 spiro atoms.